The van der Waals surface area contributed by atoms with Crippen LogP contribution in [0.1, 0.15) is 11.8 Å². The normalized spacial score (nSPS) is 23.4. The summed E-state index contributed by atoms with van der Waals surface area (Å²) in [6.45, 7) is 1.28. The Kier molecular flexibility index (Phi) is 3.04. The SMILES string of the molecule is CNC1COCC1c1nc(-c2ccccn2)no1. The van der Waals surface area contributed by atoms with E-state index in [0.29, 0.717) is 30.6 Å². The van der Waals surface area contributed by atoms with Crippen molar-refractivity contribution in [3.05, 3.63) is 30.3 Å². The number of hydrogen-bond donors (Lipinski definition) is 1. The van der Waals surface area contributed by atoms with Gasteiger partial charge in [-0.1, -0.05) is 11.2 Å². The molecule has 3 rings (SSSR count). The van der Waals surface area contributed by atoms with Crippen molar-refractivity contribution in [2.75, 3.05) is 20.3 Å². The zero-order valence-corrected chi connectivity index (χ0v) is 10.0. The average molecular weight is 246 g/mol. The van der Waals surface area contributed by atoms with Gasteiger partial charge >= 0.3 is 0 Å². The Morgan fingerprint density at radius 2 is 2.28 bits per heavy atom. The van der Waals surface area contributed by atoms with Gasteiger partial charge in [-0.15, -0.1) is 0 Å². The van der Waals surface area contributed by atoms with Gasteiger partial charge in [-0.05, 0) is 19.2 Å². The van der Waals surface area contributed by atoms with Crippen molar-refractivity contribution in [1.29, 1.82) is 0 Å². The topological polar surface area (TPSA) is 73.1 Å². The summed E-state index contributed by atoms with van der Waals surface area (Å²) in [5.41, 5.74) is 0.715. The number of aromatic nitrogens is 3. The van der Waals surface area contributed by atoms with E-state index in [1.165, 1.54) is 0 Å². The number of nitrogens with one attached hydrogen (secondary N) is 1. The summed E-state index contributed by atoms with van der Waals surface area (Å²) >= 11 is 0. The molecule has 1 saturated heterocycles. The third-order valence-corrected chi connectivity index (χ3v) is 3.10. The zero-order valence-electron chi connectivity index (χ0n) is 10.0. The summed E-state index contributed by atoms with van der Waals surface area (Å²) in [6, 6.07) is 5.83. The van der Waals surface area contributed by atoms with Crippen LogP contribution >= 0.6 is 0 Å². The fourth-order valence-corrected chi connectivity index (χ4v) is 2.07. The molecule has 0 saturated carbocycles. The van der Waals surface area contributed by atoms with Crippen molar-refractivity contribution >= 4 is 0 Å². The smallest absolute Gasteiger partial charge is 0.234 e. The van der Waals surface area contributed by atoms with Crippen molar-refractivity contribution in [3.8, 4) is 11.5 Å². The van der Waals surface area contributed by atoms with E-state index >= 15 is 0 Å². The number of likely N-dealkylation sites (N-methyl/N-ethyl adjacent to an activating group) is 1. The minimum atomic E-state index is 0.111. The van der Waals surface area contributed by atoms with Crippen LogP contribution in [0.3, 0.4) is 0 Å². The molecule has 0 aromatic carbocycles. The predicted molar refractivity (Wildman–Crippen MR) is 63.9 cm³/mol. The highest BCUT2D eigenvalue weighted by Gasteiger charge is 2.33. The van der Waals surface area contributed by atoms with Gasteiger partial charge in [0.05, 0.1) is 19.1 Å². The first-order valence-corrected chi connectivity index (χ1v) is 5.88. The van der Waals surface area contributed by atoms with Crippen LogP contribution in [0.2, 0.25) is 0 Å². The molecule has 0 spiro atoms. The van der Waals surface area contributed by atoms with Crippen molar-refractivity contribution in [2.45, 2.75) is 12.0 Å². The second-order valence-corrected chi connectivity index (χ2v) is 4.21. The second-order valence-electron chi connectivity index (χ2n) is 4.21. The van der Waals surface area contributed by atoms with Gasteiger partial charge in [0.1, 0.15) is 5.69 Å². The lowest BCUT2D eigenvalue weighted by atomic mass is 10.0. The van der Waals surface area contributed by atoms with Crippen LogP contribution in [0, 0.1) is 0 Å². The molecule has 1 aliphatic rings. The fraction of sp³-hybridized carbons (Fsp3) is 0.417. The zero-order chi connectivity index (χ0) is 12.4. The van der Waals surface area contributed by atoms with Crippen molar-refractivity contribution < 1.29 is 9.26 Å². The minimum absolute atomic E-state index is 0.111. The van der Waals surface area contributed by atoms with Crippen LogP contribution in [-0.4, -0.2) is 41.4 Å². The van der Waals surface area contributed by atoms with E-state index in [4.69, 9.17) is 9.26 Å². The van der Waals surface area contributed by atoms with Crippen LogP contribution in [-0.2, 0) is 4.74 Å². The van der Waals surface area contributed by atoms with E-state index < -0.39 is 0 Å². The number of rotatable bonds is 3. The Bertz CT molecular complexity index is 514. The number of ether oxygens (including phenoxy) is 1. The Labute approximate surface area is 104 Å². The number of nitrogens with zero attached hydrogens (tertiary/aromatic N) is 3. The summed E-state index contributed by atoms with van der Waals surface area (Å²) in [5, 5.41) is 7.16. The van der Waals surface area contributed by atoms with Crippen LogP contribution in [0.15, 0.2) is 28.9 Å². The minimum Gasteiger partial charge on any atom is -0.379 e. The lowest BCUT2D eigenvalue weighted by Gasteiger charge is -2.11. The Balaban J connectivity index is 1.86. The predicted octanol–water partition coefficient (Wildman–Crippen LogP) is 0.833. The first-order valence-electron chi connectivity index (χ1n) is 5.88. The van der Waals surface area contributed by atoms with Gasteiger partial charge in [-0.3, -0.25) is 4.98 Å². The highest BCUT2D eigenvalue weighted by atomic mass is 16.5. The molecule has 2 atom stereocenters. The molecule has 0 bridgehead atoms. The fourth-order valence-electron chi connectivity index (χ4n) is 2.07. The van der Waals surface area contributed by atoms with E-state index in [2.05, 4.69) is 20.4 Å². The van der Waals surface area contributed by atoms with Gasteiger partial charge in [-0.2, -0.15) is 4.98 Å². The van der Waals surface area contributed by atoms with Crippen molar-refractivity contribution in [3.63, 3.8) is 0 Å². The average Bonchev–Trinajstić information content (AvgIpc) is 3.08. The first kappa shape index (κ1) is 11.3. The van der Waals surface area contributed by atoms with Gasteiger partial charge < -0.3 is 14.6 Å². The molecule has 0 amide bonds. The lowest BCUT2D eigenvalue weighted by Crippen LogP contribution is -2.31. The molecular weight excluding hydrogens is 232 g/mol. The number of hydrogen-bond acceptors (Lipinski definition) is 6. The molecule has 2 unspecified atom stereocenters. The van der Waals surface area contributed by atoms with Crippen LogP contribution < -0.4 is 5.32 Å². The Morgan fingerprint density at radius 3 is 3.06 bits per heavy atom. The van der Waals surface area contributed by atoms with E-state index in [0.717, 1.165) is 0 Å². The van der Waals surface area contributed by atoms with Gasteiger partial charge in [-0.25, -0.2) is 0 Å². The second kappa shape index (κ2) is 4.83. The van der Waals surface area contributed by atoms with Gasteiger partial charge in [0.15, 0.2) is 0 Å². The van der Waals surface area contributed by atoms with Crippen LogP contribution in [0.4, 0.5) is 0 Å². The van der Waals surface area contributed by atoms with Gasteiger partial charge in [0, 0.05) is 12.2 Å². The maximum absolute atomic E-state index is 5.42. The van der Waals surface area contributed by atoms with E-state index in [1.54, 1.807) is 6.20 Å². The van der Waals surface area contributed by atoms with Gasteiger partial charge in [0.25, 0.3) is 0 Å². The molecular formula is C12H14N4O2. The summed E-state index contributed by atoms with van der Waals surface area (Å²) < 4.78 is 10.7. The third kappa shape index (κ3) is 2.00. The van der Waals surface area contributed by atoms with Crippen LogP contribution in [0.5, 0.6) is 0 Å². The molecule has 94 valence electrons. The molecule has 1 fully saturated rings. The molecule has 18 heavy (non-hydrogen) atoms. The Morgan fingerprint density at radius 1 is 1.33 bits per heavy atom. The summed E-state index contributed by atoms with van der Waals surface area (Å²) in [4.78, 5) is 8.60. The molecule has 0 radical (unpaired) electrons. The molecule has 0 aliphatic carbocycles. The summed E-state index contributed by atoms with van der Waals surface area (Å²) in [7, 11) is 1.91. The first-order chi connectivity index (χ1) is 8.88. The summed E-state index contributed by atoms with van der Waals surface area (Å²) in [6.07, 6.45) is 1.71. The Hall–Kier alpha value is -1.79. The molecule has 1 aliphatic heterocycles. The monoisotopic (exact) mass is 246 g/mol. The summed E-state index contributed by atoms with van der Waals surface area (Å²) in [5.74, 6) is 1.24. The highest BCUT2D eigenvalue weighted by molar-refractivity contribution is 5.47. The highest BCUT2D eigenvalue weighted by Crippen LogP contribution is 2.25. The largest absolute Gasteiger partial charge is 0.379 e. The molecule has 2 aromatic rings. The molecule has 3 heterocycles. The van der Waals surface area contributed by atoms with E-state index in [9.17, 15) is 0 Å². The lowest BCUT2D eigenvalue weighted by molar-refractivity contribution is 0.185. The maximum atomic E-state index is 5.42. The van der Waals surface area contributed by atoms with Crippen LogP contribution in [0.25, 0.3) is 11.5 Å². The number of pyridine rings is 1. The van der Waals surface area contributed by atoms with Crippen molar-refractivity contribution in [2.24, 2.45) is 0 Å². The maximum Gasteiger partial charge on any atom is 0.234 e. The molecule has 1 N–H and O–H groups in total. The molecule has 6 heteroatoms. The molecule has 6 nitrogen and oxygen atoms in total. The van der Waals surface area contributed by atoms with Gasteiger partial charge in [0.2, 0.25) is 11.7 Å². The van der Waals surface area contributed by atoms with Crippen molar-refractivity contribution in [1.82, 2.24) is 20.4 Å². The van der Waals surface area contributed by atoms with E-state index in [-0.39, 0.29) is 12.0 Å². The van der Waals surface area contributed by atoms with E-state index in [1.807, 2.05) is 25.2 Å². The standard InChI is InChI=1S/C12H14N4O2/c1-13-10-7-17-6-8(10)12-15-11(16-18-12)9-4-2-3-5-14-9/h2-5,8,10,13H,6-7H2,1H3. The molecule has 2 aromatic heterocycles. The quantitative estimate of drug-likeness (QED) is 0.865. The third-order valence-electron chi connectivity index (χ3n) is 3.10.